The summed E-state index contributed by atoms with van der Waals surface area (Å²) in [6.45, 7) is 3.48. The second kappa shape index (κ2) is 7.21. The fraction of sp³-hybridized carbons (Fsp3) is 0.556. The van der Waals surface area contributed by atoms with Crippen molar-refractivity contribution in [1.29, 1.82) is 0 Å². The van der Waals surface area contributed by atoms with Crippen molar-refractivity contribution in [2.24, 2.45) is 4.99 Å². The van der Waals surface area contributed by atoms with Gasteiger partial charge in [0.2, 0.25) is 16.0 Å². The van der Waals surface area contributed by atoms with E-state index in [4.69, 9.17) is 9.47 Å². The molecular weight excluding hydrogens is 408 g/mol. The van der Waals surface area contributed by atoms with E-state index < -0.39 is 51.1 Å². The van der Waals surface area contributed by atoms with E-state index in [2.05, 4.69) is 10.3 Å². The highest BCUT2D eigenvalue weighted by molar-refractivity contribution is 7.90. The molecule has 1 aromatic carbocycles. The third-order valence-corrected chi connectivity index (χ3v) is 7.01. The summed E-state index contributed by atoms with van der Waals surface area (Å²) < 4.78 is 65.9. The lowest BCUT2D eigenvalue weighted by Crippen LogP contribution is -2.60. The maximum absolute atomic E-state index is 14.7. The number of hydrogen-bond acceptors (Lipinski definition) is 6. The van der Waals surface area contributed by atoms with Crippen LogP contribution >= 0.6 is 0 Å². The number of carbonyl (C=O) groups excluding carboxylic acids is 1. The number of rotatable bonds is 2. The van der Waals surface area contributed by atoms with Crippen LogP contribution in [0.5, 0.6) is 0 Å². The van der Waals surface area contributed by atoms with E-state index in [1.54, 1.807) is 20.8 Å². The lowest BCUT2D eigenvalue weighted by Gasteiger charge is -2.40. The van der Waals surface area contributed by atoms with Gasteiger partial charge in [-0.2, -0.15) is 0 Å². The van der Waals surface area contributed by atoms with Crippen LogP contribution in [-0.4, -0.2) is 62.1 Å². The lowest BCUT2D eigenvalue weighted by atomic mass is 9.87. The number of carbonyl (C=O) groups is 1. The Balaban J connectivity index is 2.15. The number of benzene rings is 1. The summed E-state index contributed by atoms with van der Waals surface area (Å²) in [5.74, 6) is -1.07. The fourth-order valence-corrected chi connectivity index (χ4v) is 5.47. The quantitative estimate of drug-likeness (QED) is 0.772. The van der Waals surface area contributed by atoms with E-state index in [0.29, 0.717) is 0 Å². The van der Waals surface area contributed by atoms with Gasteiger partial charge in [0.15, 0.2) is 0 Å². The molecule has 3 atom stereocenters. The molecule has 0 bridgehead atoms. The molecule has 0 spiro atoms. The van der Waals surface area contributed by atoms with Gasteiger partial charge in [0.05, 0.1) is 6.61 Å². The summed E-state index contributed by atoms with van der Waals surface area (Å²) in [5, 5.41) is 0.810. The van der Waals surface area contributed by atoms with Crippen molar-refractivity contribution in [2.75, 3.05) is 20.3 Å². The molecule has 1 aromatic rings. The normalized spacial score (nSPS) is 28.5. The predicted molar refractivity (Wildman–Crippen MR) is 101 cm³/mol. The summed E-state index contributed by atoms with van der Waals surface area (Å²) in [6.07, 6.45) is -2.25. The van der Waals surface area contributed by atoms with Crippen molar-refractivity contribution in [3.63, 3.8) is 0 Å². The molecule has 2 heterocycles. The van der Waals surface area contributed by atoms with Gasteiger partial charge in [-0.05, 0) is 26.8 Å². The van der Waals surface area contributed by atoms with Crippen LogP contribution in [0.4, 0.5) is 13.6 Å². The number of alkyl halides is 1. The largest absolute Gasteiger partial charge is 0.444 e. The average Bonchev–Trinajstić information content (AvgIpc) is 2.99. The number of guanidine groups is 1. The number of fused-ring (bicyclic) bond motifs is 1. The van der Waals surface area contributed by atoms with Crippen LogP contribution in [-0.2, 0) is 25.0 Å². The summed E-state index contributed by atoms with van der Waals surface area (Å²) in [6, 6.07) is 5.50. The van der Waals surface area contributed by atoms with Gasteiger partial charge in [-0.15, -0.1) is 0 Å². The zero-order valence-corrected chi connectivity index (χ0v) is 17.3. The Bertz CT molecular complexity index is 947. The molecule has 2 aliphatic heterocycles. The number of ether oxygens (including phenoxy) is 2. The molecule has 29 heavy (non-hydrogen) atoms. The van der Waals surface area contributed by atoms with Crippen LogP contribution in [0.15, 0.2) is 29.3 Å². The van der Waals surface area contributed by atoms with Crippen LogP contribution < -0.4 is 5.32 Å². The smallest absolute Gasteiger partial charge is 0.414 e. The van der Waals surface area contributed by atoms with Gasteiger partial charge in [-0.3, -0.25) is 5.32 Å². The van der Waals surface area contributed by atoms with Gasteiger partial charge >= 0.3 is 6.09 Å². The first-order valence-electron chi connectivity index (χ1n) is 8.92. The predicted octanol–water partition coefficient (Wildman–Crippen LogP) is 1.91. The highest BCUT2D eigenvalue weighted by atomic mass is 32.2. The highest BCUT2D eigenvalue weighted by Crippen LogP contribution is 2.46. The summed E-state index contributed by atoms with van der Waals surface area (Å²) >= 11 is 0. The standard InChI is InChI=1S/C18H23F2N3O5S/c1-17(2,3)28-16(24)21-15-22-18(11-7-5-6-8-12(11)20)10-27-13(9-19)14(18)29(25,26)23(15)4/h5-8,13-14H,9-10H2,1-4H3,(H,21,22,24). The number of hydrogen-bond donors (Lipinski definition) is 1. The van der Waals surface area contributed by atoms with E-state index in [-0.39, 0.29) is 18.1 Å². The molecule has 1 saturated heterocycles. The van der Waals surface area contributed by atoms with Crippen LogP contribution in [0.25, 0.3) is 0 Å². The summed E-state index contributed by atoms with van der Waals surface area (Å²) in [5.41, 5.74) is -2.64. The zero-order chi connectivity index (χ0) is 21.6. The Morgan fingerprint density at radius 1 is 1.41 bits per heavy atom. The van der Waals surface area contributed by atoms with Crippen molar-refractivity contribution < 1.29 is 31.5 Å². The molecule has 160 valence electrons. The third kappa shape index (κ3) is 3.68. The molecule has 8 nitrogen and oxygen atoms in total. The monoisotopic (exact) mass is 431 g/mol. The first-order chi connectivity index (χ1) is 13.4. The van der Waals surface area contributed by atoms with Gasteiger partial charge in [0, 0.05) is 12.6 Å². The Morgan fingerprint density at radius 3 is 2.66 bits per heavy atom. The van der Waals surface area contributed by atoms with Gasteiger partial charge in [0.1, 0.15) is 35.0 Å². The van der Waals surface area contributed by atoms with E-state index >= 15 is 0 Å². The number of nitrogens with zero attached hydrogens (tertiary/aromatic N) is 2. The molecule has 0 aromatic heterocycles. The molecule has 1 fully saturated rings. The average molecular weight is 431 g/mol. The van der Waals surface area contributed by atoms with Crippen molar-refractivity contribution in [3.05, 3.63) is 35.6 Å². The number of sulfonamides is 1. The molecular formula is C18H23F2N3O5S. The Kier molecular flexibility index (Phi) is 5.33. The maximum Gasteiger partial charge on any atom is 0.414 e. The maximum atomic E-state index is 14.7. The van der Waals surface area contributed by atoms with Crippen LogP contribution in [0.3, 0.4) is 0 Å². The SMILES string of the molecule is CN1C(NC(=O)OC(C)(C)C)=NC2(c3ccccc3F)COC(CF)C2S1(=O)=O. The van der Waals surface area contributed by atoms with Gasteiger partial charge in [-0.25, -0.2) is 31.3 Å². The van der Waals surface area contributed by atoms with Crippen molar-refractivity contribution in [1.82, 2.24) is 9.62 Å². The Labute approximate surface area is 167 Å². The molecule has 11 heteroatoms. The summed E-state index contributed by atoms with van der Waals surface area (Å²) in [7, 11) is -3.09. The van der Waals surface area contributed by atoms with Crippen molar-refractivity contribution in [2.45, 2.75) is 43.3 Å². The van der Waals surface area contributed by atoms with E-state index in [1.807, 2.05) is 0 Å². The fourth-order valence-electron chi connectivity index (χ4n) is 3.53. The minimum Gasteiger partial charge on any atom is -0.444 e. The Morgan fingerprint density at radius 2 is 2.07 bits per heavy atom. The molecule has 0 radical (unpaired) electrons. The van der Waals surface area contributed by atoms with Crippen LogP contribution in [0.1, 0.15) is 26.3 Å². The molecule has 1 N–H and O–H groups in total. The van der Waals surface area contributed by atoms with Crippen molar-refractivity contribution in [3.8, 4) is 0 Å². The third-order valence-electron chi connectivity index (χ3n) is 4.74. The summed E-state index contributed by atoms with van der Waals surface area (Å²) in [4.78, 5) is 16.6. The number of amides is 1. The zero-order valence-electron chi connectivity index (χ0n) is 16.5. The first kappa shape index (κ1) is 21.4. The van der Waals surface area contributed by atoms with Gasteiger partial charge in [0.25, 0.3) is 0 Å². The van der Waals surface area contributed by atoms with Crippen molar-refractivity contribution >= 4 is 22.1 Å². The molecule has 3 rings (SSSR count). The number of alkyl carbamates (subject to hydrolysis) is 1. The van der Waals surface area contributed by atoms with Crippen LogP contribution in [0, 0.1) is 5.82 Å². The lowest BCUT2D eigenvalue weighted by molar-refractivity contribution is 0.0558. The second-order valence-corrected chi connectivity index (χ2v) is 9.99. The molecule has 3 unspecified atom stereocenters. The van der Waals surface area contributed by atoms with E-state index in [0.717, 1.165) is 10.4 Å². The number of halogens is 2. The number of nitrogens with one attached hydrogen (secondary N) is 1. The van der Waals surface area contributed by atoms with Crippen LogP contribution in [0.2, 0.25) is 0 Å². The highest BCUT2D eigenvalue weighted by Gasteiger charge is 2.62. The van der Waals surface area contributed by atoms with E-state index in [1.165, 1.54) is 25.2 Å². The number of aliphatic imine (C=N–C) groups is 1. The first-order valence-corrected chi connectivity index (χ1v) is 10.4. The van der Waals surface area contributed by atoms with E-state index in [9.17, 15) is 22.0 Å². The molecule has 0 saturated carbocycles. The van der Waals surface area contributed by atoms with Gasteiger partial charge in [-0.1, -0.05) is 18.2 Å². The minimum atomic E-state index is -4.26. The minimum absolute atomic E-state index is 0.0545. The second-order valence-electron chi connectivity index (χ2n) is 7.90. The van der Waals surface area contributed by atoms with Gasteiger partial charge < -0.3 is 9.47 Å². The molecule has 1 amide bonds. The Hall–Kier alpha value is -2.27. The molecule has 2 aliphatic rings. The molecule has 0 aliphatic carbocycles. The topological polar surface area (TPSA) is 97.3 Å².